The smallest absolute Gasteiger partial charge is 0.0422 e. The second-order valence-electron chi connectivity index (χ2n) is 8.75. The van der Waals surface area contributed by atoms with E-state index in [2.05, 4.69) is 112 Å². The zero-order valence-corrected chi connectivity index (χ0v) is 16.1. The molecule has 0 radical (unpaired) electrons. The molecule has 0 heterocycles. The Labute approximate surface area is 152 Å². The van der Waals surface area contributed by atoms with Crippen LogP contribution in [0.15, 0.2) is 72.8 Å². The van der Waals surface area contributed by atoms with Gasteiger partial charge in [-0.2, -0.15) is 0 Å². The molecule has 0 amide bonds. The molecule has 0 aliphatic heterocycles. The van der Waals surface area contributed by atoms with Crippen LogP contribution in [0.2, 0.25) is 0 Å². The van der Waals surface area contributed by atoms with Crippen molar-refractivity contribution >= 4 is 22.1 Å². The minimum absolute atomic E-state index is 0.00204. The van der Waals surface area contributed by atoms with Crippen LogP contribution in [0.3, 0.4) is 0 Å². The fraction of sp³-hybridized carbons (Fsp3) is 0.333. The summed E-state index contributed by atoms with van der Waals surface area (Å²) in [5.41, 5.74) is 2.75. The summed E-state index contributed by atoms with van der Waals surface area (Å²) in [4.78, 5) is 2.49. The molecule has 0 saturated heterocycles. The molecule has 0 N–H and O–H groups in total. The number of benzene rings is 3. The maximum Gasteiger partial charge on any atom is 0.0422 e. The van der Waals surface area contributed by atoms with Crippen LogP contribution < -0.4 is 4.90 Å². The zero-order valence-electron chi connectivity index (χ0n) is 16.1. The van der Waals surface area contributed by atoms with E-state index < -0.39 is 0 Å². The van der Waals surface area contributed by atoms with E-state index in [-0.39, 0.29) is 11.0 Å². The molecule has 0 saturated carbocycles. The molecule has 3 aromatic carbocycles. The summed E-state index contributed by atoms with van der Waals surface area (Å²) in [7, 11) is 0. The highest BCUT2D eigenvalue weighted by Gasteiger charge is 2.32. The molecular weight excluding hydrogens is 302 g/mol. The molecule has 25 heavy (non-hydrogen) atoms. The van der Waals surface area contributed by atoms with Gasteiger partial charge in [0.05, 0.1) is 0 Å². The van der Waals surface area contributed by atoms with Crippen LogP contribution in [-0.4, -0.2) is 5.54 Å². The molecule has 0 aromatic heterocycles. The first-order valence-electron chi connectivity index (χ1n) is 9.10. The van der Waals surface area contributed by atoms with Crippen LogP contribution in [0.5, 0.6) is 0 Å². The first-order chi connectivity index (χ1) is 11.8. The van der Waals surface area contributed by atoms with Gasteiger partial charge in [-0.3, -0.25) is 0 Å². The van der Waals surface area contributed by atoms with Gasteiger partial charge in [0.15, 0.2) is 0 Å². The zero-order chi connectivity index (χ0) is 18.1. The van der Waals surface area contributed by atoms with Crippen LogP contribution >= 0.6 is 0 Å². The van der Waals surface area contributed by atoms with Gasteiger partial charge in [-0.15, -0.1) is 0 Å². The molecule has 1 heteroatoms. The molecule has 0 aliphatic rings. The summed E-state index contributed by atoms with van der Waals surface area (Å²) in [6.07, 6.45) is 1.10. The van der Waals surface area contributed by atoms with Crippen molar-refractivity contribution in [3.05, 3.63) is 72.8 Å². The Bertz CT molecular complexity index is 841. The number of hydrogen-bond donors (Lipinski definition) is 0. The van der Waals surface area contributed by atoms with Crippen molar-refractivity contribution in [2.75, 3.05) is 4.90 Å². The van der Waals surface area contributed by atoms with Crippen LogP contribution in [-0.2, 0) is 0 Å². The Hall–Kier alpha value is -2.28. The van der Waals surface area contributed by atoms with Crippen LogP contribution in [0.4, 0.5) is 11.4 Å². The molecule has 3 rings (SSSR count). The first-order valence-corrected chi connectivity index (χ1v) is 9.10. The fourth-order valence-corrected chi connectivity index (χ4v) is 4.12. The predicted molar refractivity (Wildman–Crippen MR) is 111 cm³/mol. The topological polar surface area (TPSA) is 3.24 Å². The van der Waals surface area contributed by atoms with Crippen molar-refractivity contribution < 1.29 is 0 Å². The summed E-state index contributed by atoms with van der Waals surface area (Å²) in [5, 5.41) is 2.57. The van der Waals surface area contributed by atoms with Gasteiger partial charge in [0, 0.05) is 16.9 Å². The number of rotatable bonds is 4. The highest BCUT2D eigenvalue weighted by atomic mass is 15.2. The Morgan fingerprint density at radius 1 is 0.640 bits per heavy atom. The fourth-order valence-electron chi connectivity index (χ4n) is 4.12. The number of fused-ring (bicyclic) bond motifs is 1. The third kappa shape index (κ3) is 4.04. The van der Waals surface area contributed by atoms with E-state index in [9.17, 15) is 0 Å². The molecule has 3 aromatic rings. The quantitative estimate of drug-likeness (QED) is 0.489. The molecule has 0 aliphatic carbocycles. The van der Waals surface area contributed by atoms with Crippen molar-refractivity contribution in [3.8, 4) is 0 Å². The maximum atomic E-state index is 2.49. The van der Waals surface area contributed by atoms with Gasteiger partial charge < -0.3 is 4.90 Å². The largest absolute Gasteiger partial charge is 0.336 e. The van der Waals surface area contributed by atoms with E-state index in [4.69, 9.17) is 0 Å². The van der Waals surface area contributed by atoms with Gasteiger partial charge in [-0.25, -0.2) is 0 Å². The van der Waals surface area contributed by atoms with Crippen LogP contribution in [0.25, 0.3) is 10.8 Å². The van der Waals surface area contributed by atoms with Gasteiger partial charge >= 0.3 is 0 Å². The highest BCUT2D eigenvalue weighted by molar-refractivity contribution is 5.87. The summed E-state index contributed by atoms with van der Waals surface area (Å²) < 4.78 is 0. The van der Waals surface area contributed by atoms with E-state index >= 15 is 0 Å². The van der Waals surface area contributed by atoms with Crippen molar-refractivity contribution in [1.82, 2.24) is 0 Å². The Kier molecular flexibility index (Phi) is 4.60. The monoisotopic (exact) mass is 331 g/mol. The van der Waals surface area contributed by atoms with E-state index in [0.29, 0.717) is 0 Å². The van der Waals surface area contributed by atoms with Gasteiger partial charge in [-0.1, -0.05) is 69.3 Å². The van der Waals surface area contributed by atoms with Gasteiger partial charge in [0.25, 0.3) is 0 Å². The lowest BCUT2D eigenvalue weighted by molar-refractivity contribution is 0.284. The van der Waals surface area contributed by atoms with Gasteiger partial charge in [0.2, 0.25) is 0 Å². The second kappa shape index (κ2) is 6.55. The van der Waals surface area contributed by atoms with Crippen molar-refractivity contribution in [2.24, 2.45) is 5.41 Å². The Morgan fingerprint density at radius 2 is 1.24 bits per heavy atom. The minimum Gasteiger partial charge on any atom is -0.336 e. The summed E-state index contributed by atoms with van der Waals surface area (Å²) in [5.74, 6) is 0. The van der Waals surface area contributed by atoms with Gasteiger partial charge in [0.1, 0.15) is 0 Å². The SMILES string of the molecule is CC(C)(C)CC(C)(C)N(c1ccccc1)c1ccc2ccccc2c1. The molecule has 130 valence electrons. The van der Waals surface area contributed by atoms with Crippen molar-refractivity contribution in [1.29, 1.82) is 0 Å². The van der Waals surface area contributed by atoms with Crippen molar-refractivity contribution in [2.45, 2.75) is 46.6 Å². The van der Waals surface area contributed by atoms with E-state index in [1.54, 1.807) is 0 Å². The third-order valence-corrected chi connectivity index (χ3v) is 4.57. The normalized spacial score (nSPS) is 12.4. The minimum atomic E-state index is 0.00204. The summed E-state index contributed by atoms with van der Waals surface area (Å²) in [6, 6.07) is 26.1. The molecule has 0 bridgehead atoms. The molecule has 0 unspecified atom stereocenters. The molecule has 0 fully saturated rings. The highest BCUT2D eigenvalue weighted by Crippen LogP contribution is 2.40. The molecule has 0 spiro atoms. The predicted octanol–water partition coefficient (Wildman–Crippen LogP) is 7.19. The third-order valence-electron chi connectivity index (χ3n) is 4.57. The van der Waals surface area contributed by atoms with E-state index in [1.165, 1.54) is 22.1 Å². The molecule has 0 atom stereocenters. The standard InChI is InChI=1S/C24H29N/c1-23(2,3)18-24(4,5)25(21-13-7-6-8-14-21)22-16-15-19-11-9-10-12-20(19)17-22/h6-17H,18H2,1-5H3. The van der Waals surface area contributed by atoms with Crippen LogP contribution in [0, 0.1) is 5.41 Å². The summed E-state index contributed by atoms with van der Waals surface area (Å²) >= 11 is 0. The Morgan fingerprint density at radius 3 is 1.88 bits per heavy atom. The second-order valence-corrected chi connectivity index (χ2v) is 8.75. The van der Waals surface area contributed by atoms with E-state index in [0.717, 1.165) is 6.42 Å². The number of anilines is 2. The lowest BCUT2D eigenvalue weighted by Gasteiger charge is -2.44. The van der Waals surface area contributed by atoms with E-state index in [1.807, 2.05) is 0 Å². The molecular formula is C24H29N. The Balaban J connectivity index is 2.13. The number of hydrogen-bond acceptors (Lipinski definition) is 1. The van der Waals surface area contributed by atoms with Gasteiger partial charge in [-0.05, 0) is 60.7 Å². The number of nitrogens with zero attached hydrogens (tertiary/aromatic N) is 1. The average molecular weight is 332 g/mol. The number of para-hydroxylation sites is 1. The van der Waals surface area contributed by atoms with Crippen LogP contribution in [0.1, 0.15) is 41.0 Å². The first kappa shape index (κ1) is 17.5. The molecule has 1 nitrogen and oxygen atoms in total. The lowest BCUT2D eigenvalue weighted by atomic mass is 9.80. The van der Waals surface area contributed by atoms with Crippen molar-refractivity contribution in [3.63, 3.8) is 0 Å². The summed E-state index contributed by atoms with van der Waals surface area (Å²) in [6.45, 7) is 11.6. The maximum absolute atomic E-state index is 2.49. The lowest BCUT2D eigenvalue weighted by Crippen LogP contribution is -2.43. The average Bonchev–Trinajstić information content (AvgIpc) is 2.53.